The number of fused-ring (bicyclic) bond motifs is 2. The Kier molecular flexibility index (Phi) is 1.47. The standard InChI is InChI=1S/C11H20O/c1-7-5-8-6-9(10(8,2)3)11(7,4)12/h7-9,12H,5-6H2,1-4H3. The first kappa shape index (κ1) is 8.55. The second-order valence-corrected chi connectivity index (χ2v) is 5.67. The molecule has 0 aliphatic heterocycles. The van der Waals surface area contributed by atoms with Gasteiger partial charge in [0.25, 0.3) is 0 Å². The summed E-state index contributed by atoms with van der Waals surface area (Å²) in [5.74, 6) is 1.91. The summed E-state index contributed by atoms with van der Waals surface area (Å²) in [6.07, 6.45) is 2.47. The maximum Gasteiger partial charge on any atom is 0.0678 e. The van der Waals surface area contributed by atoms with Gasteiger partial charge in [0.2, 0.25) is 0 Å². The molecule has 70 valence electrons. The average molecular weight is 168 g/mol. The van der Waals surface area contributed by atoms with Gasteiger partial charge in [-0.3, -0.25) is 0 Å². The van der Waals surface area contributed by atoms with Crippen molar-refractivity contribution in [2.24, 2.45) is 23.2 Å². The summed E-state index contributed by atoms with van der Waals surface area (Å²) in [6.45, 7) is 8.84. The highest BCUT2D eigenvalue weighted by Gasteiger charge is 2.61. The Hall–Kier alpha value is -0.0400. The van der Waals surface area contributed by atoms with Gasteiger partial charge in [-0.1, -0.05) is 20.8 Å². The molecule has 3 rings (SSSR count). The van der Waals surface area contributed by atoms with Gasteiger partial charge in [-0.25, -0.2) is 0 Å². The second-order valence-electron chi connectivity index (χ2n) is 5.67. The van der Waals surface area contributed by atoms with Crippen LogP contribution in [0.3, 0.4) is 0 Å². The molecular formula is C11H20O. The highest BCUT2D eigenvalue weighted by atomic mass is 16.3. The molecule has 0 aromatic heterocycles. The van der Waals surface area contributed by atoms with E-state index in [0.717, 1.165) is 5.92 Å². The van der Waals surface area contributed by atoms with Crippen LogP contribution in [0.2, 0.25) is 0 Å². The average Bonchev–Trinajstić information content (AvgIpc) is 1.93. The Morgan fingerprint density at radius 3 is 2.08 bits per heavy atom. The van der Waals surface area contributed by atoms with Crippen LogP contribution in [0.1, 0.15) is 40.5 Å². The second kappa shape index (κ2) is 2.06. The molecule has 2 bridgehead atoms. The van der Waals surface area contributed by atoms with Crippen molar-refractivity contribution in [2.75, 3.05) is 0 Å². The molecule has 3 aliphatic rings. The molecule has 1 N–H and O–H groups in total. The summed E-state index contributed by atoms with van der Waals surface area (Å²) < 4.78 is 0. The van der Waals surface area contributed by atoms with Gasteiger partial charge >= 0.3 is 0 Å². The number of rotatable bonds is 0. The van der Waals surface area contributed by atoms with Crippen LogP contribution in [0, 0.1) is 23.2 Å². The number of aliphatic hydroxyl groups is 1. The third-order valence-electron chi connectivity index (χ3n) is 4.81. The number of hydrogen-bond donors (Lipinski definition) is 1. The molecule has 0 saturated heterocycles. The smallest absolute Gasteiger partial charge is 0.0678 e. The van der Waals surface area contributed by atoms with Crippen LogP contribution in [-0.4, -0.2) is 10.7 Å². The summed E-state index contributed by atoms with van der Waals surface area (Å²) >= 11 is 0. The zero-order valence-electron chi connectivity index (χ0n) is 8.59. The molecule has 0 aromatic carbocycles. The van der Waals surface area contributed by atoms with Crippen LogP contribution < -0.4 is 0 Å². The van der Waals surface area contributed by atoms with Crippen molar-refractivity contribution >= 4 is 0 Å². The largest absolute Gasteiger partial charge is 0.390 e. The van der Waals surface area contributed by atoms with Crippen molar-refractivity contribution in [2.45, 2.75) is 46.1 Å². The molecule has 3 saturated carbocycles. The fourth-order valence-electron chi connectivity index (χ4n) is 3.42. The molecule has 0 heterocycles. The highest BCUT2D eigenvalue weighted by Crippen LogP contribution is 2.64. The van der Waals surface area contributed by atoms with Gasteiger partial charge in [-0.15, -0.1) is 0 Å². The van der Waals surface area contributed by atoms with Crippen molar-refractivity contribution in [3.8, 4) is 0 Å². The van der Waals surface area contributed by atoms with Gasteiger partial charge < -0.3 is 5.11 Å². The first-order valence-electron chi connectivity index (χ1n) is 5.09. The molecule has 0 amide bonds. The zero-order chi connectivity index (χ0) is 9.15. The van der Waals surface area contributed by atoms with E-state index in [4.69, 9.17) is 0 Å². The fourth-order valence-corrected chi connectivity index (χ4v) is 3.42. The molecule has 0 aromatic rings. The lowest BCUT2D eigenvalue weighted by atomic mass is 9.42. The normalized spacial score (nSPS) is 56.2. The molecule has 0 radical (unpaired) electrons. The van der Waals surface area contributed by atoms with Gasteiger partial charge in [-0.2, -0.15) is 0 Å². The predicted molar refractivity (Wildman–Crippen MR) is 49.8 cm³/mol. The van der Waals surface area contributed by atoms with Crippen molar-refractivity contribution in [1.29, 1.82) is 0 Å². The first-order valence-corrected chi connectivity index (χ1v) is 5.09. The molecule has 3 fully saturated rings. The fraction of sp³-hybridized carbons (Fsp3) is 1.00. The zero-order valence-corrected chi connectivity index (χ0v) is 8.59. The van der Waals surface area contributed by atoms with Crippen LogP contribution in [0.25, 0.3) is 0 Å². The van der Waals surface area contributed by atoms with Gasteiger partial charge in [0.15, 0.2) is 0 Å². The highest BCUT2D eigenvalue weighted by molar-refractivity contribution is 5.10. The summed E-state index contributed by atoms with van der Waals surface area (Å²) in [5.41, 5.74) is -0.00569. The van der Waals surface area contributed by atoms with Crippen molar-refractivity contribution in [1.82, 2.24) is 0 Å². The van der Waals surface area contributed by atoms with Gasteiger partial charge in [0.1, 0.15) is 0 Å². The van der Waals surface area contributed by atoms with Crippen LogP contribution in [0.4, 0.5) is 0 Å². The molecular weight excluding hydrogens is 148 g/mol. The summed E-state index contributed by atoms with van der Waals surface area (Å²) in [4.78, 5) is 0. The molecule has 4 atom stereocenters. The minimum atomic E-state index is -0.405. The molecule has 4 unspecified atom stereocenters. The van der Waals surface area contributed by atoms with Crippen LogP contribution in [-0.2, 0) is 0 Å². The predicted octanol–water partition coefficient (Wildman–Crippen LogP) is 2.44. The van der Waals surface area contributed by atoms with E-state index >= 15 is 0 Å². The van der Waals surface area contributed by atoms with Crippen LogP contribution in [0.15, 0.2) is 0 Å². The van der Waals surface area contributed by atoms with Crippen LogP contribution in [0.5, 0.6) is 0 Å². The van der Waals surface area contributed by atoms with E-state index in [1.165, 1.54) is 12.8 Å². The molecule has 1 heteroatoms. The van der Waals surface area contributed by atoms with Gasteiger partial charge in [0.05, 0.1) is 5.60 Å². The maximum absolute atomic E-state index is 10.3. The van der Waals surface area contributed by atoms with Crippen LogP contribution >= 0.6 is 0 Å². The lowest BCUT2D eigenvalue weighted by Gasteiger charge is -2.65. The summed E-state index contributed by atoms with van der Waals surface area (Å²) in [5, 5.41) is 10.3. The molecule has 0 spiro atoms. The van der Waals surface area contributed by atoms with E-state index in [9.17, 15) is 5.11 Å². The quantitative estimate of drug-likeness (QED) is 0.589. The van der Waals surface area contributed by atoms with Crippen molar-refractivity contribution in [3.05, 3.63) is 0 Å². The first-order chi connectivity index (χ1) is 5.37. The third-order valence-corrected chi connectivity index (χ3v) is 4.81. The minimum Gasteiger partial charge on any atom is -0.390 e. The Morgan fingerprint density at radius 1 is 1.17 bits per heavy atom. The van der Waals surface area contributed by atoms with E-state index in [1.807, 2.05) is 6.92 Å². The van der Waals surface area contributed by atoms with Crippen molar-refractivity contribution < 1.29 is 5.11 Å². The van der Waals surface area contributed by atoms with E-state index in [2.05, 4.69) is 20.8 Å². The lowest BCUT2D eigenvalue weighted by molar-refractivity contribution is -0.220. The Bertz CT molecular complexity index is 205. The maximum atomic E-state index is 10.3. The summed E-state index contributed by atoms with van der Waals surface area (Å²) in [6, 6.07) is 0. The minimum absolute atomic E-state index is 0.399. The SMILES string of the molecule is CC1CC2CC(C2(C)C)C1(C)O. The monoisotopic (exact) mass is 168 g/mol. The van der Waals surface area contributed by atoms with E-state index in [1.54, 1.807) is 0 Å². The topological polar surface area (TPSA) is 20.2 Å². The van der Waals surface area contributed by atoms with Gasteiger partial charge in [-0.05, 0) is 42.9 Å². The van der Waals surface area contributed by atoms with Crippen molar-refractivity contribution in [3.63, 3.8) is 0 Å². The van der Waals surface area contributed by atoms with E-state index in [0.29, 0.717) is 17.3 Å². The molecule has 3 aliphatic carbocycles. The van der Waals surface area contributed by atoms with Gasteiger partial charge in [0, 0.05) is 0 Å². The molecule has 12 heavy (non-hydrogen) atoms. The number of hydrogen-bond acceptors (Lipinski definition) is 1. The Balaban J connectivity index is 2.27. The summed E-state index contributed by atoms with van der Waals surface area (Å²) in [7, 11) is 0. The Labute approximate surface area is 75.2 Å². The Morgan fingerprint density at radius 2 is 1.75 bits per heavy atom. The van der Waals surface area contributed by atoms with E-state index in [-0.39, 0.29) is 0 Å². The molecule has 1 nitrogen and oxygen atoms in total. The van der Waals surface area contributed by atoms with E-state index < -0.39 is 5.60 Å². The lowest BCUT2D eigenvalue weighted by Crippen LogP contribution is -2.63. The third kappa shape index (κ3) is 0.783.